The highest BCUT2D eigenvalue weighted by molar-refractivity contribution is 7.89. The van der Waals surface area contributed by atoms with E-state index in [1.165, 1.54) is 52.1 Å². The van der Waals surface area contributed by atoms with Gasteiger partial charge in [-0.25, -0.2) is 8.42 Å². The number of nitrogens with zero attached hydrogens (tertiary/aromatic N) is 3. The molecule has 4 rings (SSSR count). The minimum atomic E-state index is -3.75. The molecule has 1 aromatic heterocycles. The van der Waals surface area contributed by atoms with Crippen LogP contribution in [0.2, 0.25) is 0 Å². The third-order valence-corrected chi connectivity index (χ3v) is 8.40. The standard InChI is InChI=1S/C27H23N3O3S2/c1-4-17-29(18-5-2)35(32,33)22-14-11-21(12-15-22)26(31)28-27-30(19-6-3)24-16-13-20-9-7-8-10-23(20)25(24)34-27/h3-5,7-16H,1-2,17-19H2. The minimum Gasteiger partial charge on any atom is -0.305 e. The molecule has 0 aliphatic heterocycles. The minimum absolute atomic E-state index is 0.0773. The molecule has 1 amide bonds. The summed E-state index contributed by atoms with van der Waals surface area (Å²) >= 11 is 1.40. The summed E-state index contributed by atoms with van der Waals surface area (Å²) in [5, 5.41) is 2.15. The fraction of sp³-hybridized carbons (Fsp3) is 0.111. The van der Waals surface area contributed by atoms with Gasteiger partial charge < -0.3 is 4.57 Å². The molecule has 0 atom stereocenters. The summed E-state index contributed by atoms with van der Waals surface area (Å²) in [6, 6.07) is 17.7. The Morgan fingerprint density at radius 1 is 1.06 bits per heavy atom. The van der Waals surface area contributed by atoms with E-state index in [1.807, 2.05) is 41.0 Å². The molecule has 0 fully saturated rings. The highest BCUT2D eigenvalue weighted by atomic mass is 32.2. The molecule has 6 nitrogen and oxygen atoms in total. The number of hydrogen-bond donors (Lipinski definition) is 0. The van der Waals surface area contributed by atoms with Gasteiger partial charge in [0.2, 0.25) is 10.0 Å². The number of hydrogen-bond acceptors (Lipinski definition) is 4. The summed E-state index contributed by atoms with van der Waals surface area (Å²) in [5.41, 5.74) is 1.18. The van der Waals surface area contributed by atoms with Gasteiger partial charge in [0, 0.05) is 24.0 Å². The van der Waals surface area contributed by atoms with E-state index in [4.69, 9.17) is 6.42 Å². The molecule has 0 aliphatic carbocycles. The van der Waals surface area contributed by atoms with Gasteiger partial charge in [-0.05, 0) is 35.7 Å². The number of carbonyl (C=O) groups is 1. The third kappa shape index (κ3) is 4.75. The van der Waals surface area contributed by atoms with Gasteiger partial charge in [0.25, 0.3) is 5.91 Å². The Kier molecular flexibility index (Phi) is 7.12. The molecule has 1 heterocycles. The molecule has 3 aromatic carbocycles. The lowest BCUT2D eigenvalue weighted by molar-refractivity contribution is 0.0998. The van der Waals surface area contributed by atoms with E-state index in [-0.39, 0.29) is 30.1 Å². The van der Waals surface area contributed by atoms with Crippen LogP contribution in [0.4, 0.5) is 0 Å². The maximum atomic E-state index is 13.0. The normalized spacial score (nSPS) is 12.2. The van der Waals surface area contributed by atoms with Crippen LogP contribution in [0.3, 0.4) is 0 Å². The number of sulfonamides is 1. The van der Waals surface area contributed by atoms with Gasteiger partial charge in [0.05, 0.1) is 21.7 Å². The SMILES string of the molecule is C#CCn1c(=NC(=O)c2ccc(S(=O)(=O)N(CC=C)CC=C)cc2)sc2c3ccccc3ccc21. The van der Waals surface area contributed by atoms with E-state index >= 15 is 0 Å². The number of terminal acetylenes is 1. The summed E-state index contributed by atoms with van der Waals surface area (Å²) in [7, 11) is -3.75. The Labute approximate surface area is 208 Å². The highest BCUT2D eigenvalue weighted by Gasteiger charge is 2.22. The van der Waals surface area contributed by atoms with Gasteiger partial charge in [-0.3, -0.25) is 4.79 Å². The molecule has 0 aliphatic rings. The Morgan fingerprint density at radius 2 is 1.74 bits per heavy atom. The first kappa shape index (κ1) is 24.4. The first-order valence-corrected chi connectivity index (χ1v) is 13.0. The lowest BCUT2D eigenvalue weighted by atomic mass is 10.1. The van der Waals surface area contributed by atoms with E-state index in [1.54, 1.807) is 0 Å². The number of carbonyl (C=O) groups excluding carboxylic acids is 1. The molecule has 35 heavy (non-hydrogen) atoms. The molecule has 0 radical (unpaired) electrons. The third-order valence-electron chi connectivity index (χ3n) is 5.42. The molecule has 0 bridgehead atoms. The maximum absolute atomic E-state index is 13.0. The second-order valence-electron chi connectivity index (χ2n) is 7.65. The van der Waals surface area contributed by atoms with Crippen LogP contribution in [-0.4, -0.2) is 36.3 Å². The summed E-state index contributed by atoms with van der Waals surface area (Å²) in [6.45, 7) is 7.79. The number of aromatic nitrogens is 1. The van der Waals surface area contributed by atoms with E-state index in [0.717, 1.165) is 21.0 Å². The van der Waals surface area contributed by atoms with E-state index in [2.05, 4.69) is 24.1 Å². The summed E-state index contributed by atoms with van der Waals surface area (Å²) in [6.07, 6.45) is 8.62. The number of benzene rings is 3. The lowest BCUT2D eigenvalue weighted by Crippen LogP contribution is -2.31. The van der Waals surface area contributed by atoms with Crippen molar-refractivity contribution in [3.8, 4) is 12.3 Å². The average molecular weight is 502 g/mol. The zero-order valence-corrected chi connectivity index (χ0v) is 20.6. The zero-order chi connectivity index (χ0) is 25.0. The Bertz CT molecular complexity index is 1640. The number of rotatable bonds is 8. The number of thiazole rings is 1. The Morgan fingerprint density at radius 3 is 2.40 bits per heavy atom. The summed E-state index contributed by atoms with van der Waals surface area (Å²) in [4.78, 5) is 17.9. The van der Waals surface area contributed by atoms with Gasteiger partial charge >= 0.3 is 0 Å². The van der Waals surface area contributed by atoms with E-state index in [0.29, 0.717) is 4.80 Å². The quantitative estimate of drug-likeness (QED) is 0.262. The maximum Gasteiger partial charge on any atom is 0.279 e. The van der Waals surface area contributed by atoms with Crippen LogP contribution in [0.1, 0.15) is 10.4 Å². The van der Waals surface area contributed by atoms with Gasteiger partial charge in [-0.2, -0.15) is 9.30 Å². The first-order valence-electron chi connectivity index (χ1n) is 10.8. The Balaban J connectivity index is 1.74. The second kappa shape index (κ2) is 10.2. The zero-order valence-electron chi connectivity index (χ0n) is 18.9. The smallest absolute Gasteiger partial charge is 0.279 e. The molecule has 0 N–H and O–H groups in total. The van der Waals surface area contributed by atoms with Crippen molar-refractivity contribution in [2.75, 3.05) is 13.1 Å². The van der Waals surface area contributed by atoms with Crippen molar-refractivity contribution in [2.24, 2.45) is 4.99 Å². The van der Waals surface area contributed by atoms with Crippen LogP contribution in [0.25, 0.3) is 21.0 Å². The lowest BCUT2D eigenvalue weighted by Gasteiger charge is -2.19. The molecule has 0 spiro atoms. The monoisotopic (exact) mass is 501 g/mol. The second-order valence-corrected chi connectivity index (χ2v) is 10.6. The largest absolute Gasteiger partial charge is 0.305 e. The number of amides is 1. The van der Waals surface area contributed by atoms with Gasteiger partial charge in [-0.1, -0.05) is 59.7 Å². The molecule has 176 valence electrons. The number of fused-ring (bicyclic) bond motifs is 3. The van der Waals surface area contributed by atoms with Gasteiger partial charge in [0.15, 0.2) is 4.80 Å². The van der Waals surface area contributed by atoms with Crippen LogP contribution in [-0.2, 0) is 16.6 Å². The van der Waals surface area contributed by atoms with Crippen molar-refractivity contribution in [1.82, 2.24) is 8.87 Å². The van der Waals surface area contributed by atoms with Crippen molar-refractivity contribution in [3.05, 3.63) is 96.3 Å². The van der Waals surface area contributed by atoms with Crippen LogP contribution in [0.5, 0.6) is 0 Å². The van der Waals surface area contributed by atoms with Crippen molar-refractivity contribution in [3.63, 3.8) is 0 Å². The topological polar surface area (TPSA) is 71.7 Å². The van der Waals surface area contributed by atoms with Gasteiger partial charge in [0.1, 0.15) is 0 Å². The molecule has 0 saturated carbocycles. The van der Waals surface area contributed by atoms with E-state index < -0.39 is 15.9 Å². The molecule has 0 unspecified atom stereocenters. The van der Waals surface area contributed by atoms with Crippen molar-refractivity contribution in [2.45, 2.75) is 11.4 Å². The van der Waals surface area contributed by atoms with Crippen LogP contribution in [0.15, 0.2) is 95.9 Å². The fourth-order valence-electron chi connectivity index (χ4n) is 3.76. The van der Waals surface area contributed by atoms with E-state index in [9.17, 15) is 13.2 Å². The Hall–Kier alpha value is -3.77. The highest BCUT2D eigenvalue weighted by Crippen LogP contribution is 2.27. The average Bonchev–Trinajstić information content (AvgIpc) is 3.21. The van der Waals surface area contributed by atoms with Gasteiger partial charge in [-0.15, -0.1) is 19.6 Å². The van der Waals surface area contributed by atoms with Crippen molar-refractivity contribution < 1.29 is 13.2 Å². The molecule has 0 saturated heterocycles. The van der Waals surface area contributed by atoms with Crippen molar-refractivity contribution in [1.29, 1.82) is 0 Å². The predicted octanol–water partition coefficient (Wildman–Crippen LogP) is 4.59. The summed E-state index contributed by atoms with van der Waals surface area (Å²) < 4.78 is 29.9. The summed E-state index contributed by atoms with van der Waals surface area (Å²) in [5.74, 6) is 2.15. The van der Waals surface area contributed by atoms with Crippen molar-refractivity contribution >= 4 is 48.3 Å². The molecule has 8 heteroatoms. The van der Waals surface area contributed by atoms with Crippen LogP contribution >= 0.6 is 11.3 Å². The predicted molar refractivity (Wildman–Crippen MR) is 142 cm³/mol. The first-order chi connectivity index (χ1) is 16.9. The molecular formula is C27H23N3O3S2. The van der Waals surface area contributed by atoms with Crippen LogP contribution in [0, 0.1) is 12.3 Å². The fourth-order valence-corrected chi connectivity index (χ4v) is 6.30. The molecular weight excluding hydrogens is 478 g/mol. The van der Waals surface area contributed by atoms with Crippen LogP contribution < -0.4 is 4.80 Å². The molecule has 4 aromatic rings.